The van der Waals surface area contributed by atoms with Crippen molar-refractivity contribution < 1.29 is 4.39 Å². The van der Waals surface area contributed by atoms with E-state index in [2.05, 4.69) is 24.3 Å². The topological polar surface area (TPSA) is 29.9 Å². The molecule has 0 fully saturated rings. The van der Waals surface area contributed by atoms with Gasteiger partial charge in [-0.1, -0.05) is 37.7 Å². The van der Waals surface area contributed by atoms with Crippen LogP contribution < -0.4 is 5.32 Å². The summed E-state index contributed by atoms with van der Waals surface area (Å²) in [6.45, 7) is 6.95. The number of aromatic nitrogens is 2. The minimum Gasteiger partial charge on any atom is -0.310 e. The lowest BCUT2D eigenvalue weighted by Gasteiger charge is -2.10. The lowest BCUT2D eigenvalue weighted by atomic mass is 10.2. The van der Waals surface area contributed by atoms with Crippen LogP contribution in [0.3, 0.4) is 0 Å². The molecule has 0 aliphatic rings. The highest BCUT2D eigenvalue weighted by Crippen LogP contribution is 2.33. The number of nitrogens with zero attached hydrogens (tertiary/aromatic N) is 2. The Morgan fingerprint density at radius 1 is 1.35 bits per heavy atom. The average molecular weight is 293 g/mol. The third kappa shape index (κ3) is 3.41. The molecule has 0 saturated carbocycles. The molecule has 1 N–H and O–H groups in total. The molecule has 2 rings (SSSR count). The van der Waals surface area contributed by atoms with E-state index in [9.17, 15) is 4.39 Å². The number of hydrogen-bond acceptors (Lipinski definition) is 3. The Kier molecular flexibility index (Phi) is 4.83. The highest BCUT2D eigenvalue weighted by atomic mass is 32.2. The zero-order chi connectivity index (χ0) is 14.7. The Morgan fingerprint density at radius 2 is 2.05 bits per heavy atom. The minimum atomic E-state index is -0.195. The molecule has 1 aromatic carbocycles. The van der Waals surface area contributed by atoms with E-state index in [0.717, 1.165) is 22.8 Å². The summed E-state index contributed by atoms with van der Waals surface area (Å²) in [7, 11) is 1.90. The van der Waals surface area contributed by atoms with Crippen LogP contribution in [-0.4, -0.2) is 15.8 Å². The molecule has 0 atom stereocenters. The lowest BCUT2D eigenvalue weighted by Crippen LogP contribution is -2.22. The second-order valence-electron chi connectivity index (χ2n) is 5.06. The standard InChI is InChI=1S/C15H20FN3S/c1-10(2)17-9-12-11(3)18-19(4)15(12)20-14-8-6-5-7-13(14)16/h5-8,10,17H,9H2,1-4H3. The summed E-state index contributed by atoms with van der Waals surface area (Å²) in [6, 6.07) is 7.23. The van der Waals surface area contributed by atoms with Gasteiger partial charge in [0.15, 0.2) is 0 Å². The van der Waals surface area contributed by atoms with Crippen LogP contribution in [0, 0.1) is 12.7 Å². The van der Waals surface area contributed by atoms with E-state index in [-0.39, 0.29) is 5.82 Å². The van der Waals surface area contributed by atoms with Crippen molar-refractivity contribution in [3.8, 4) is 0 Å². The van der Waals surface area contributed by atoms with Crippen LogP contribution >= 0.6 is 11.8 Å². The first-order valence-electron chi connectivity index (χ1n) is 6.67. The van der Waals surface area contributed by atoms with Crippen molar-refractivity contribution in [3.63, 3.8) is 0 Å². The van der Waals surface area contributed by atoms with E-state index in [1.165, 1.54) is 17.8 Å². The fourth-order valence-corrected chi connectivity index (χ4v) is 2.99. The number of halogens is 1. The molecule has 0 saturated heterocycles. The molecule has 5 heteroatoms. The zero-order valence-electron chi connectivity index (χ0n) is 12.3. The van der Waals surface area contributed by atoms with Crippen molar-refractivity contribution in [2.24, 2.45) is 7.05 Å². The molecule has 2 aromatic rings. The summed E-state index contributed by atoms with van der Waals surface area (Å²) in [5, 5.41) is 8.83. The number of nitrogens with one attached hydrogen (secondary N) is 1. The fourth-order valence-electron chi connectivity index (χ4n) is 1.95. The maximum Gasteiger partial charge on any atom is 0.137 e. The second-order valence-corrected chi connectivity index (χ2v) is 6.09. The largest absolute Gasteiger partial charge is 0.310 e. The molecule has 0 aliphatic carbocycles. The Balaban J connectivity index is 2.29. The van der Waals surface area contributed by atoms with Crippen molar-refractivity contribution >= 4 is 11.8 Å². The van der Waals surface area contributed by atoms with Crippen molar-refractivity contribution in [2.75, 3.05) is 0 Å². The van der Waals surface area contributed by atoms with Gasteiger partial charge in [0.2, 0.25) is 0 Å². The van der Waals surface area contributed by atoms with E-state index in [1.807, 2.05) is 24.7 Å². The molecule has 0 unspecified atom stereocenters. The van der Waals surface area contributed by atoms with Crippen LogP contribution in [0.25, 0.3) is 0 Å². The van der Waals surface area contributed by atoms with Crippen molar-refractivity contribution in [3.05, 3.63) is 41.3 Å². The van der Waals surface area contributed by atoms with E-state index < -0.39 is 0 Å². The van der Waals surface area contributed by atoms with Gasteiger partial charge in [0.25, 0.3) is 0 Å². The van der Waals surface area contributed by atoms with Gasteiger partial charge >= 0.3 is 0 Å². The van der Waals surface area contributed by atoms with Crippen LogP contribution in [0.15, 0.2) is 34.2 Å². The zero-order valence-corrected chi connectivity index (χ0v) is 13.1. The summed E-state index contributed by atoms with van der Waals surface area (Å²) in [4.78, 5) is 0.626. The number of aryl methyl sites for hydroxylation is 2. The first-order valence-corrected chi connectivity index (χ1v) is 7.49. The van der Waals surface area contributed by atoms with E-state index in [0.29, 0.717) is 10.9 Å². The van der Waals surface area contributed by atoms with Gasteiger partial charge in [0.1, 0.15) is 10.8 Å². The third-order valence-electron chi connectivity index (χ3n) is 3.02. The van der Waals surface area contributed by atoms with Gasteiger partial charge in [-0.05, 0) is 19.1 Å². The predicted octanol–water partition coefficient (Wildman–Crippen LogP) is 3.52. The molecule has 0 amide bonds. The lowest BCUT2D eigenvalue weighted by molar-refractivity contribution is 0.579. The van der Waals surface area contributed by atoms with Gasteiger partial charge in [0, 0.05) is 30.1 Å². The second kappa shape index (κ2) is 6.41. The maximum absolute atomic E-state index is 13.8. The smallest absolute Gasteiger partial charge is 0.137 e. The van der Waals surface area contributed by atoms with Crippen molar-refractivity contribution in [2.45, 2.75) is 43.3 Å². The van der Waals surface area contributed by atoms with Crippen molar-refractivity contribution in [1.82, 2.24) is 15.1 Å². The highest BCUT2D eigenvalue weighted by Gasteiger charge is 2.16. The highest BCUT2D eigenvalue weighted by molar-refractivity contribution is 7.99. The maximum atomic E-state index is 13.8. The first-order chi connectivity index (χ1) is 9.49. The van der Waals surface area contributed by atoms with Gasteiger partial charge in [-0.15, -0.1) is 0 Å². The van der Waals surface area contributed by atoms with Gasteiger partial charge in [-0.3, -0.25) is 4.68 Å². The number of hydrogen-bond donors (Lipinski definition) is 1. The molecule has 108 valence electrons. The Bertz CT molecular complexity index is 593. The molecular weight excluding hydrogens is 273 g/mol. The van der Waals surface area contributed by atoms with Crippen LogP contribution in [-0.2, 0) is 13.6 Å². The Labute approximate surface area is 123 Å². The molecule has 1 aromatic heterocycles. The predicted molar refractivity (Wildman–Crippen MR) is 80.4 cm³/mol. The normalized spacial score (nSPS) is 11.3. The summed E-state index contributed by atoms with van der Waals surface area (Å²) in [5.41, 5.74) is 2.12. The molecule has 20 heavy (non-hydrogen) atoms. The summed E-state index contributed by atoms with van der Waals surface area (Å²) in [5.74, 6) is -0.195. The van der Waals surface area contributed by atoms with Gasteiger partial charge in [-0.2, -0.15) is 5.10 Å². The van der Waals surface area contributed by atoms with Gasteiger partial charge < -0.3 is 5.32 Å². The van der Waals surface area contributed by atoms with Gasteiger partial charge in [0.05, 0.1) is 5.69 Å². The molecule has 0 aliphatic heterocycles. The quantitative estimate of drug-likeness (QED) is 0.915. The van der Waals surface area contributed by atoms with Gasteiger partial charge in [-0.25, -0.2) is 4.39 Å². The molecule has 0 spiro atoms. The van der Waals surface area contributed by atoms with E-state index >= 15 is 0 Å². The average Bonchev–Trinajstić information content (AvgIpc) is 2.64. The van der Waals surface area contributed by atoms with Crippen LogP contribution in [0.1, 0.15) is 25.1 Å². The summed E-state index contributed by atoms with van der Waals surface area (Å²) >= 11 is 1.43. The molecule has 0 bridgehead atoms. The SMILES string of the molecule is Cc1nn(C)c(Sc2ccccc2F)c1CNC(C)C. The van der Waals surface area contributed by atoms with Crippen LogP contribution in [0.5, 0.6) is 0 Å². The molecule has 0 radical (unpaired) electrons. The minimum absolute atomic E-state index is 0.195. The number of benzene rings is 1. The molecule has 3 nitrogen and oxygen atoms in total. The van der Waals surface area contributed by atoms with Crippen LogP contribution in [0.4, 0.5) is 4.39 Å². The van der Waals surface area contributed by atoms with E-state index in [4.69, 9.17) is 0 Å². The first kappa shape index (κ1) is 15.1. The summed E-state index contributed by atoms with van der Waals surface area (Å²) < 4.78 is 15.6. The fraction of sp³-hybridized carbons (Fsp3) is 0.400. The Hall–Kier alpha value is -1.33. The van der Waals surface area contributed by atoms with Crippen LogP contribution in [0.2, 0.25) is 0 Å². The number of rotatable bonds is 5. The van der Waals surface area contributed by atoms with Crippen molar-refractivity contribution in [1.29, 1.82) is 0 Å². The third-order valence-corrected chi connectivity index (χ3v) is 4.27. The summed E-state index contributed by atoms with van der Waals surface area (Å²) in [6.07, 6.45) is 0. The van der Waals surface area contributed by atoms with E-state index in [1.54, 1.807) is 12.1 Å². The monoisotopic (exact) mass is 293 g/mol. The molecule has 1 heterocycles. The molecular formula is C15H20FN3S. The Morgan fingerprint density at radius 3 is 2.70 bits per heavy atom.